The van der Waals surface area contributed by atoms with Crippen LogP contribution in [0, 0.1) is 12.7 Å². The number of hydrogen-bond donors (Lipinski definition) is 0. The number of halogens is 1. The molecule has 0 amide bonds. The summed E-state index contributed by atoms with van der Waals surface area (Å²) in [6.45, 7) is 2.28. The van der Waals surface area contributed by atoms with Crippen molar-refractivity contribution in [3.8, 4) is 0 Å². The predicted molar refractivity (Wildman–Crippen MR) is 98.3 cm³/mol. The molecule has 0 bridgehead atoms. The normalized spacial score (nSPS) is 11.0. The lowest BCUT2D eigenvalue weighted by Crippen LogP contribution is -1.92. The standard InChI is InChI=1S/C20H17FN2OS/c1-15-7-9-19(10-8-15)25-20-17(5-3-11-22-20)13-23-24-14-16-4-2-6-18(21)12-16/h2-13H,14H2,1H3/b23-13+. The van der Waals surface area contributed by atoms with Crippen molar-refractivity contribution in [3.05, 3.63) is 89.4 Å². The molecule has 2 aromatic carbocycles. The van der Waals surface area contributed by atoms with Gasteiger partial charge in [0.15, 0.2) is 0 Å². The Balaban J connectivity index is 1.65. The zero-order valence-corrected chi connectivity index (χ0v) is 14.5. The lowest BCUT2D eigenvalue weighted by atomic mass is 10.2. The fourth-order valence-corrected chi connectivity index (χ4v) is 2.98. The van der Waals surface area contributed by atoms with Gasteiger partial charge in [0.05, 0.1) is 6.21 Å². The minimum atomic E-state index is -0.283. The first-order chi connectivity index (χ1) is 12.2. The molecule has 3 aromatic rings. The summed E-state index contributed by atoms with van der Waals surface area (Å²) < 4.78 is 13.1. The number of rotatable bonds is 6. The number of benzene rings is 2. The third-order valence-electron chi connectivity index (χ3n) is 3.42. The summed E-state index contributed by atoms with van der Waals surface area (Å²) in [5, 5.41) is 4.83. The number of aryl methyl sites for hydroxylation is 1. The second-order valence-corrected chi connectivity index (χ2v) is 6.51. The third kappa shape index (κ3) is 5.16. The van der Waals surface area contributed by atoms with Crippen molar-refractivity contribution >= 4 is 18.0 Å². The second-order valence-electron chi connectivity index (χ2n) is 5.45. The minimum Gasteiger partial charge on any atom is -0.391 e. The Hall–Kier alpha value is -2.66. The van der Waals surface area contributed by atoms with E-state index in [4.69, 9.17) is 4.84 Å². The lowest BCUT2D eigenvalue weighted by molar-refractivity contribution is 0.132. The molecule has 0 saturated carbocycles. The van der Waals surface area contributed by atoms with E-state index >= 15 is 0 Å². The van der Waals surface area contributed by atoms with Crippen LogP contribution in [0.3, 0.4) is 0 Å². The molecule has 1 aromatic heterocycles. The van der Waals surface area contributed by atoms with Crippen LogP contribution in [0.1, 0.15) is 16.7 Å². The summed E-state index contributed by atoms with van der Waals surface area (Å²) in [6.07, 6.45) is 3.38. The fourth-order valence-electron chi connectivity index (χ4n) is 2.14. The summed E-state index contributed by atoms with van der Waals surface area (Å²) in [5.41, 5.74) is 2.82. The van der Waals surface area contributed by atoms with Crippen LogP contribution >= 0.6 is 11.8 Å². The maximum Gasteiger partial charge on any atom is 0.142 e. The summed E-state index contributed by atoms with van der Waals surface area (Å²) >= 11 is 1.57. The monoisotopic (exact) mass is 352 g/mol. The van der Waals surface area contributed by atoms with Gasteiger partial charge in [-0.05, 0) is 48.9 Å². The van der Waals surface area contributed by atoms with E-state index < -0.39 is 0 Å². The van der Waals surface area contributed by atoms with E-state index in [9.17, 15) is 4.39 Å². The third-order valence-corrected chi connectivity index (χ3v) is 4.46. The average molecular weight is 352 g/mol. The molecule has 126 valence electrons. The van der Waals surface area contributed by atoms with Crippen molar-refractivity contribution in [3.63, 3.8) is 0 Å². The van der Waals surface area contributed by atoms with E-state index in [1.54, 1.807) is 36.3 Å². The first-order valence-corrected chi connectivity index (χ1v) is 8.62. The van der Waals surface area contributed by atoms with Crippen LogP contribution in [0.4, 0.5) is 4.39 Å². The first kappa shape index (κ1) is 17.2. The maximum absolute atomic E-state index is 13.1. The molecule has 25 heavy (non-hydrogen) atoms. The summed E-state index contributed by atoms with van der Waals surface area (Å²) in [4.78, 5) is 10.8. The van der Waals surface area contributed by atoms with Crippen molar-refractivity contribution in [2.24, 2.45) is 5.16 Å². The van der Waals surface area contributed by atoms with Gasteiger partial charge in [0, 0.05) is 16.7 Å². The number of nitrogens with zero attached hydrogens (tertiary/aromatic N) is 2. The predicted octanol–water partition coefficient (Wildman–Crippen LogP) is 5.23. The molecule has 0 spiro atoms. The van der Waals surface area contributed by atoms with Crippen LogP contribution in [-0.4, -0.2) is 11.2 Å². The zero-order chi connectivity index (χ0) is 17.5. The maximum atomic E-state index is 13.1. The van der Waals surface area contributed by atoms with Gasteiger partial charge in [-0.25, -0.2) is 9.37 Å². The van der Waals surface area contributed by atoms with E-state index in [1.165, 1.54) is 17.7 Å². The van der Waals surface area contributed by atoms with Crippen molar-refractivity contribution < 1.29 is 9.23 Å². The van der Waals surface area contributed by atoms with Gasteiger partial charge >= 0.3 is 0 Å². The molecule has 0 aliphatic rings. The highest BCUT2D eigenvalue weighted by atomic mass is 32.2. The minimum absolute atomic E-state index is 0.217. The van der Waals surface area contributed by atoms with Gasteiger partial charge in [0.1, 0.15) is 17.5 Å². The van der Waals surface area contributed by atoms with E-state index in [0.717, 1.165) is 21.0 Å². The number of pyridine rings is 1. The van der Waals surface area contributed by atoms with Crippen LogP contribution in [-0.2, 0) is 11.4 Å². The highest BCUT2D eigenvalue weighted by Crippen LogP contribution is 2.28. The Labute approximate surface area is 150 Å². The number of oxime groups is 1. The fraction of sp³-hybridized carbons (Fsp3) is 0.100. The highest BCUT2D eigenvalue weighted by Gasteiger charge is 2.04. The molecule has 0 aliphatic carbocycles. The van der Waals surface area contributed by atoms with E-state index in [0.29, 0.717) is 0 Å². The first-order valence-electron chi connectivity index (χ1n) is 7.80. The lowest BCUT2D eigenvalue weighted by Gasteiger charge is -2.05. The van der Waals surface area contributed by atoms with Gasteiger partial charge in [-0.1, -0.05) is 46.7 Å². The zero-order valence-electron chi connectivity index (χ0n) is 13.7. The Morgan fingerprint density at radius 3 is 2.76 bits per heavy atom. The van der Waals surface area contributed by atoms with Crippen molar-refractivity contribution in [2.75, 3.05) is 0 Å². The Kier molecular flexibility index (Phi) is 5.80. The Morgan fingerprint density at radius 1 is 1.12 bits per heavy atom. The smallest absolute Gasteiger partial charge is 0.142 e. The van der Waals surface area contributed by atoms with Gasteiger partial charge < -0.3 is 4.84 Å². The number of aromatic nitrogens is 1. The molecule has 3 nitrogen and oxygen atoms in total. The van der Waals surface area contributed by atoms with Crippen molar-refractivity contribution in [1.82, 2.24) is 4.98 Å². The Bertz CT molecular complexity index is 866. The molecule has 1 heterocycles. The molecule has 0 N–H and O–H groups in total. The average Bonchev–Trinajstić information content (AvgIpc) is 2.62. The molecule has 0 aliphatic heterocycles. The van der Waals surface area contributed by atoms with E-state index in [-0.39, 0.29) is 12.4 Å². The highest BCUT2D eigenvalue weighted by molar-refractivity contribution is 7.99. The molecule has 5 heteroatoms. The van der Waals surface area contributed by atoms with Gasteiger partial charge in [-0.3, -0.25) is 0 Å². The largest absolute Gasteiger partial charge is 0.391 e. The SMILES string of the molecule is Cc1ccc(Sc2ncccc2/C=N/OCc2cccc(F)c2)cc1. The molecule has 0 fully saturated rings. The molecular weight excluding hydrogens is 335 g/mol. The summed E-state index contributed by atoms with van der Waals surface area (Å²) in [5.74, 6) is -0.283. The molecule has 0 radical (unpaired) electrons. The van der Waals surface area contributed by atoms with Gasteiger partial charge in [-0.15, -0.1) is 0 Å². The molecule has 3 rings (SSSR count). The van der Waals surface area contributed by atoms with Crippen LogP contribution in [0.25, 0.3) is 0 Å². The molecular formula is C20H17FN2OS. The van der Waals surface area contributed by atoms with Gasteiger partial charge in [0.25, 0.3) is 0 Å². The van der Waals surface area contributed by atoms with Crippen LogP contribution in [0.5, 0.6) is 0 Å². The Morgan fingerprint density at radius 2 is 1.96 bits per heavy atom. The van der Waals surface area contributed by atoms with Gasteiger partial charge in [0.2, 0.25) is 0 Å². The summed E-state index contributed by atoms with van der Waals surface area (Å²) in [7, 11) is 0. The quantitative estimate of drug-likeness (QED) is 0.450. The van der Waals surface area contributed by atoms with Crippen LogP contribution < -0.4 is 0 Å². The van der Waals surface area contributed by atoms with Gasteiger partial charge in [-0.2, -0.15) is 0 Å². The summed E-state index contributed by atoms with van der Waals surface area (Å²) in [6, 6.07) is 18.3. The van der Waals surface area contributed by atoms with E-state index in [2.05, 4.69) is 41.3 Å². The van der Waals surface area contributed by atoms with Crippen molar-refractivity contribution in [1.29, 1.82) is 0 Å². The topological polar surface area (TPSA) is 34.5 Å². The molecule has 0 atom stereocenters. The molecule has 0 unspecified atom stereocenters. The second kappa shape index (κ2) is 8.44. The van der Waals surface area contributed by atoms with Crippen molar-refractivity contribution in [2.45, 2.75) is 23.5 Å². The van der Waals surface area contributed by atoms with E-state index in [1.807, 2.05) is 12.1 Å². The van der Waals surface area contributed by atoms with Crippen LogP contribution in [0.2, 0.25) is 0 Å². The number of hydrogen-bond acceptors (Lipinski definition) is 4. The molecule has 0 saturated heterocycles. The van der Waals surface area contributed by atoms with Crippen LogP contribution in [0.15, 0.2) is 81.9 Å².